The molecule has 1 aromatic heterocycles. The number of hydrogen-bond donors (Lipinski definition) is 1. The van der Waals surface area contributed by atoms with Gasteiger partial charge in [0.05, 0.1) is 5.56 Å². The minimum absolute atomic E-state index is 0.200. The van der Waals surface area contributed by atoms with Crippen molar-refractivity contribution in [2.75, 3.05) is 5.73 Å². The van der Waals surface area contributed by atoms with Gasteiger partial charge in [0.2, 0.25) is 0 Å². The van der Waals surface area contributed by atoms with Gasteiger partial charge in [0.1, 0.15) is 17.0 Å². The summed E-state index contributed by atoms with van der Waals surface area (Å²) in [7, 11) is 0. The topological polar surface area (TPSA) is 62.7 Å². The summed E-state index contributed by atoms with van der Waals surface area (Å²) in [5.74, 6) is 0.368. The SMILES string of the molecule is CCCc1cc(N)nc(Cl)c1C#N. The Bertz CT molecular complexity index is 355. The van der Waals surface area contributed by atoms with Crippen molar-refractivity contribution >= 4 is 17.4 Å². The first-order valence-corrected chi connectivity index (χ1v) is 4.41. The Balaban J connectivity index is 3.23. The third-order valence-corrected chi connectivity index (χ3v) is 1.98. The first kappa shape index (κ1) is 9.82. The van der Waals surface area contributed by atoms with Gasteiger partial charge in [-0.3, -0.25) is 0 Å². The standard InChI is InChI=1S/C9H10ClN3/c1-2-3-6-4-8(12)13-9(10)7(6)5-11/h4H,2-3H2,1H3,(H2,12,13). The maximum absolute atomic E-state index is 8.80. The minimum Gasteiger partial charge on any atom is -0.384 e. The van der Waals surface area contributed by atoms with Crippen LogP contribution in [0.4, 0.5) is 5.82 Å². The highest BCUT2D eigenvalue weighted by molar-refractivity contribution is 6.30. The normalized spacial score (nSPS) is 9.62. The first-order valence-electron chi connectivity index (χ1n) is 4.04. The van der Waals surface area contributed by atoms with Gasteiger partial charge in [-0.05, 0) is 18.1 Å². The lowest BCUT2D eigenvalue weighted by Crippen LogP contribution is -1.98. The van der Waals surface area contributed by atoms with Crippen LogP contribution in [0.3, 0.4) is 0 Å². The molecular formula is C9H10ClN3. The number of anilines is 1. The summed E-state index contributed by atoms with van der Waals surface area (Å²) in [4.78, 5) is 3.81. The summed E-state index contributed by atoms with van der Waals surface area (Å²) in [6.45, 7) is 2.03. The fourth-order valence-corrected chi connectivity index (χ4v) is 1.43. The summed E-state index contributed by atoms with van der Waals surface area (Å²) in [6, 6.07) is 3.73. The Morgan fingerprint density at radius 1 is 1.69 bits per heavy atom. The zero-order chi connectivity index (χ0) is 9.84. The van der Waals surface area contributed by atoms with E-state index in [2.05, 4.69) is 4.98 Å². The lowest BCUT2D eigenvalue weighted by atomic mass is 10.1. The molecule has 0 saturated carbocycles. The predicted molar refractivity (Wildman–Crippen MR) is 52.4 cm³/mol. The molecule has 3 nitrogen and oxygen atoms in total. The van der Waals surface area contributed by atoms with Gasteiger partial charge in [0, 0.05) is 0 Å². The molecule has 0 bridgehead atoms. The van der Waals surface area contributed by atoms with Crippen molar-refractivity contribution in [1.29, 1.82) is 5.26 Å². The van der Waals surface area contributed by atoms with Crippen LogP contribution in [0.1, 0.15) is 24.5 Å². The molecule has 0 aromatic carbocycles. The van der Waals surface area contributed by atoms with E-state index >= 15 is 0 Å². The van der Waals surface area contributed by atoms with E-state index in [1.54, 1.807) is 6.07 Å². The van der Waals surface area contributed by atoms with E-state index in [0.717, 1.165) is 18.4 Å². The quantitative estimate of drug-likeness (QED) is 0.736. The van der Waals surface area contributed by atoms with E-state index in [0.29, 0.717) is 11.4 Å². The molecule has 0 atom stereocenters. The van der Waals surface area contributed by atoms with Gasteiger partial charge in [-0.1, -0.05) is 24.9 Å². The Labute approximate surface area is 82.1 Å². The lowest BCUT2D eigenvalue weighted by molar-refractivity contribution is 0.915. The van der Waals surface area contributed by atoms with E-state index in [9.17, 15) is 0 Å². The number of hydrogen-bond acceptors (Lipinski definition) is 3. The summed E-state index contributed by atoms with van der Waals surface area (Å²) >= 11 is 5.76. The van der Waals surface area contributed by atoms with Crippen LogP contribution in [0.5, 0.6) is 0 Å². The molecule has 0 fully saturated rings. The molecule has 0 amide bonds. The van der Waals surface area contributed by atoms with Crippen LogP contribution in [-0.2, 0) is 6.42 Å². The summed E-state index contributed by atoms with van der Waals surface area (Å²) in [6.07, 6.45) is 1.75. The van der Waals surface area contributed by atoms with E-state index in [1.807, 2.05) is 13.0 Å². The highest BCUT2D eigenvalue weighted by Gasteiger charge is 2.08. The van der Waals surface area contributed by atoms with Crippen LogP contribution < -0.4 is 5.73 Å². The van der Waals surface area contributed by atoms with Crippen LogP contribution in [-0.4, -0.2) is 4.98 Å². The van der Waals surface area contributed by atoms with Gasteiger partial charge in [-0.2, -0.15) is 5.26 Å². The molecule has 0 spiro atoms. The second kappa shape index (κ2) is 4.11. The summed E-state index contributed by atoms with van der Waals surface area (Å²) in [5, 5.41) is 9.00. The smallest absolute Gasteiger partial charge is 0.149 e. The summed E-state index contributed by atoms with van der Waals surface area (Å²) < 4.78 is 0. The molecule has 0 aliphatic heterocycles. The van der Waals surface area contributed by atoms with Crippen LogP contribution in [0.2, 0.25) is 5.15 Å². The largest absolute Gasteiger partial charge is 0.384 e. The number of pyridine rings is 1. The number of nitriles is 1. The van der Waals surface area contributed by atoms with E-state index in [1.165, 1.54) is 0 Å². The van der Waals surface area contributed by atoms with Gasteiger partial charge < -0.3 is 5.73 Å². The zero-order valence-electron chi connectivity index (χ0n) is 7.34. The van der Waals surface area contributed by atoms with Crippen molar-refractivity contribution in [3.63, 3.8) is 0 Å². The van der Waals surface area contributed by atoms with Crippen LogP contribution in [0.25, 0.3) is 0 Å². The second-order valence-corrected chi connectivity index (χ2v) is 3.09. The number of rotatable bonds is 2. The molecule has 1 heterocycles. The number of aromatic nitrogens is 1. The molecule has 0 radical (unpaired) electrons. The zero-order valence-corrected chi connectivity index (χ0v) is 8.10. The Hall–Kier alpha value is -1.27. The molecule has 68 valence electrons. The average molecular weight is 196 g/mol. The first-order chi connectivity index (χ1) is 6.19. The fraction of sp³-hybridized carbons (Fsp3) is 0.333. The lowest BCUT2D eigenvalue weighted by Gasteiger charge is -2.04. The number of nitrogens with two attached hydrogens (primary N) is 1. The molecule has 1 aromatic rings. The highest BCUT2D eigenvalue weighted by Crippen LogP contribution is 2.20. The molecule has 0 aliphatic carbocycles. The molecule has 2 N–H and O–H groups in total. The van der Waals surface area contributed by atoms with Gasteiger partial charge in [-0.25, -0.2) is 4.98 Å². The molecular weight excluding hydrogens is 186 g/mol. The van der Waals surface area contributed by atoms with Gasteiger partial charge in [-0.15, -0.1) is 0 Å². The van der Waals surface area contributed by atoms with Gasteiger partial charge >= 0.3 is 0 Å². The second-order valence-electron chi connectivity index (χ2n) is 2.73. The van der Waals surface area contributed by atoms with Crippen LogP contribution in [0, 0.1) is 11.3 Å². The number of aryl methyl sites for hydroxylation is 1. The molecule has 1 rings (SSSR count). The van der Waals surface area contributed by atoms with Crippen molar-refractivity contribution in [2.45, 2.75) is 19.8 Å². The summed E-state index contributed by atoms with van der Waals surface area (Å²) in [5.41, 5.74) is 6.83. The van der Waals surface area contributed by atoms with Crippen molar-refractivity contribution in [3.05, 3.63) is 22.3 Å². The van der Waals surface area contributed by atoms with Crippen molar-refractivity contribution in [1.82, 2.24) is 4.98 Å². The maximum Gasteiger partial charge on any atom is 0.149 e. The van der Waals surface area contributed by atoms with Crippen molar-refractivity contribution in [3.8, 4) is 6.07 Å². The van der Waals surface area contributed by atoms with Gasteiger partial charge in [0.25, 0.3) is 0 Å². The van der Waals surface area contributed by atoms with Crippen LogP contribution >= 0.6 is 11.6 Å². The number of nitrogens with zero attached hydrogens (tertiary/aromatic N) is 2. The van der Waals surface area contributed by atoms with Crippen molar-refractivity contribution in [2.24, 2.45) is 0 Å². The third-order valence-electron chi connectivity index (χ3n) is 1.71. The minimum atomic E-state index is 0.200. The molecule has 0 aliphatic rings. The molecule has 13 heavy (non-hydrogen) atoms. The highest BCUT2D eigenvalue weighted by atomic mass is 35.5. The van der Waals surface area contributed by atoms with E-state index in [-0.39, 0.29) is 5.15 Å². The maximum atomic E-state index is 8.80. The predicted octanol–water partition coefficient (Wildman–Crippen LogP) is 2.14. The van der Waals surface area contributed by atoms with Crippen molar-refractivity contribution < 1.29 is 0 Å². The molecule has 0 unspecified atom stereocenters. The Kier molecular flexibility index (Phi) is 3.10. The Morgan fingerprint density at radius 3 is 2.92 bits per heavy atom. The average Bonchev–Trinajstić information content (AvgIpc) is 2.04. The van der Waals surface area contributed by atoms with Gasteiger partial charge in [0.15, 0.2) is 0 Å². The number of halogens is 1. The third kappa shape index (κ3) is 2.10. The number of nitrogen functional groups attached to an aromatic ring is 1. The Morgan fingerprint density at radius 2 is 2.38 bits per heavy atom. The molecule has 0 saturated heterocycles. The van der Waals surface area contributed by atoms with Crippen LogP contribution in [0.15, 0.2) is 6.07 Å². The van der Waals surface area contributed by atoms with E-state index in [4.69, 9.17) is 22.6 Å². The fourth-order valence-electron chi connectivity index (χ4n) is 1.17. The van der Waals surface area contributed by atoms with E-state index < -0.39 is 0 Å². The molecule has 4 heteroatoms. The monoisotopic (exact) mass is 195 g/mol.